The SMILES string of the molecule is CC(=O)N1CCCN(c2ccc([C@H](C)O)cc2F)CC1. The highest BCUT2D eigenvalue weighted by Gasteiger charge is 2.19. The molecule has 1 N–H and O–H groups in total. The number of carbonyl (C=O) groups excluding carboxylic acids is 1. The Morgan fingerprint density at radius 1 is 1.30 bits per heavy atom. The van der Waals surface area contributed by atoms with Crippen LogP contribution in [0.5, 0.6) is 0 Å². The molecule has 0 aromatic heterocycles. The number of hydrogen-bond donors (Lipinski definition) is 1. The molecule has 4 nitrogen and oxygen atoms in total. The normalized spacial score (nSPS) is 17.8. The number of benzene rings is 1. The van der Waals surface area contributed by atoms with Crippen molar-refractivity contribution >= 4 is 11.6 Å². The van der Waals surface area contributed by atoms with Crippen LogP contribution in [-0.2, 0) is 4.79 Å². The van der Waals surface area contributed by atoms with E-state index in [4.69, 9.17) is 0 Å². The van der Waals surface area contributed by atoms with Gasteiger partial charge in [0.15, 0.2) is 0 Å². The maximum Gasteiger partial charge on any atom is 0.219 e. The molecule has 0 unspecified atom stereocenters. The minimum Gasteiger partial charge on any atom is -0.389 e. The fourth-order valence-electron chi connectivity index (χ4n) is 2.51. The highest BCUT2D eigenvalue weighted by Crippen LogP contribution is 2.24. The Hall–Kier alpha value is -1.62. The van der Waals surface area contributed by atoms with Gasteiger partial charge < -0.3 is 14.9 Å². The molecule has 0 spiro atoms. The lowest BCUT2D eigenvalue weighted by Crippen LogP contribution is -2.33. The van der Waals surface area contributed by atoms with Gasteiger partial charge in [-0.1, -0.05) is 6.07 Å². The first-order valence-electron chi connectivity index (χ1n) is 6.97. The van der Waals surface area contributed by atoms with E-state index in [1.54, 1.807) is 30.9 Å². The molecule has 0 aliphatic carbocycles. The lowest BCUT2D eigenvalue weighted by molar-refractivity contribution is -0.128. The van der Waals surface area contributed by atoms with Crippen molar-refractivity contribution in [3.63, 3.8) is 0 Å². The van der Waals surface area contributed by atoms with E-state index in [1.165, 1.54) is 6.07 Å². The number of aliphatic hydroxyl groups is 1. The van der Waals surface area contributed by atoms with Crippen LogP contribution in [-0.4, -0.2) is 42.1 Å². The molecule has 1 amide bonds. The standard InChI is InChI=1S/C15H21FN2O2/c1-11(19)13-4-5-15(14(16)10-13)18-7-3-6-17(8-9-18)12(2)20/h4-5,10-11,19H,3,6-9H2,1-2H3/t11-/m0/s1. The zero-order valence-electron chi connectivity index (χ0n) is 12.0. The Morgan fingerprint density at radius 2 is 2.05 bits per heavy atom. The van der Waals surface area contributed by atoms with Crippen molar-refractivity contribution in [2.75, 3.05) is 31.1 Å². The molecule has 0 radical (unpaired) electrons. The van der Waals surface area contributed by atoms with Gasteiger partial charge in [-0.3, -0.25) is 4.79 Å². The third-order valence-electron chi connectivity index (χ3n) is 3.74. The van der Waals surface area contributed by atoms with Crippen molar-refractivity contribution in [1.29, 1.82) is 0 Å². The molecule has 0 bridgehead atoms. The number of anilines is 1. The Bertz CT molecular complexity index is 491. The minimum atomic E-state index is -0.670. The maximum atomic E-state index is 14.2. The molecular formula is C15H21FN2O2. The van der Waals surface area contributed by atoms with Crippen LogP contribution in [0.15, 0.2) is 18.2 Å². The number of hydrogen-bond acceptors (Lipinski definition) is 3. The first-order valence-corrected chi connectivity index (χ1v) is 6.97. The van der Waals surface area contributed by atoms with E-state index in [-0.39, 0.29) is 11.7 Å². The lowest BCUT2D eigenvalue weighted by atomic mass is 10.1. The topological polar surface area (TPSA) is 43.8 Å². The van der Waals surface area contributed by atoms with Crippen molar-refractivity contribution in [3.05, 3.63) is 29.6 Å². The third-order valence-corrected chi connectivity index (χ3v) is 3.74. The van der Waals surface area contributed by atoms with E-state index in [0.717, 1.165) is 19.5 Å². The van der Waals surface area contributed by atoms with Crippen LogP contribution in [0.4, 0.5) is 10.1 Å². The summed E-state index contributed by atoms with van der Waals surface area (Å²) in [4.78, 5) is 15.1. The molecule has 1 aromatic carbocycles. The van der Waals surface area contributed by atoms with Gasteiger partial charge in [-0.25, -0.2) is 4.39 Å². The lowest BCUT2D eigenvalue weighted by Gasteiger charge is -2.24. The summed E-state index contributed by atoms with van der Waals surface area (Å²) in [6.07, 6.45) is 0.160. The monoisotopic (exact) mass is 280 g/mol. The van der Waals surface area contributed by atoms with E-state index < -0.39 is 6.10 Å². The summed E-state index contributed by atoms with van der Waals surface area (Å²) < 4.78 is 14.2. The predicted octanol–water partition coefficient (Wildman–Crippen LogP) is 1.94. The molecule has 1 heterocycles. The van der Waals surface area contributed by atoms with Crippen LogP contribution in [0, 0.1) is 5.82 Å². The highest BCUT2D eigenvalue weighted by atomic mass is 19.1. The summed E-state index contributed by atoms with van der Waals surface area (Å²) in [6, 6.07) is 4.84. The molecular weight excluding hydrogens is 259 g/mol. The predicted molar refractivity (Wildman–Crippen MR) is 76.1 cm³/mol. The first kappa shape index (κ1) is 14.8. The van der Waals surface area contributed by atoms with E-state index >= 15 is 0 Å². The molecule has 1 aliphatic heterocycles. The fraction of sp³-hybridized carbons (Fsp3) is 0.533. The zero-order chi connectivity index (χ0) is 14.7. The second-order valence-electron chi connectivity index (χ2n) is 5.23. The maximum absolute atomic E-state index is 14.2. The smallest absolute Gasteiger partial charge is 0.219 e. The van der Waals surface area contributed by atoms with E-state index in [1.807, 2.05) is 4.90 Å². The molecule has 1 atom stereocenters. The van der Waals surface area contributed by atoms with Crippen molar-refractivity contribution in [2.45, 2.75) is 26.4 Å². The largest absolute Gasteiger partial charge is 0.389 e. The van der Waals surface area contributed by atoms with Gasteiger partial charge in [-0.05, 0) is 31.0 Å². The van der Waals surface area contributed by atoms with Crippen LogP contribution in [0.25, 0.3) is 0 Å². The van der Waals surface area contributed by atoms with Gasteiger partial charge in [0.25, 0.3) is 0 Å². The van der Waals surface area contributed by atoms with Crippen LogP contribution >= 0.6 is 0 Å². The van der Waals surface area contributed by atoms with Crippen molar-refractivity contribution in [1.82, 2.24) is 4.90 Å². The number of halogens is 1. The van der Waals surface area contributed by atoms with Crippen molar-refractivity contribution in [2.24, 2.45) is 0 Å². The Labute approximate surface area is 118 Å². The molecule has 2 rings (SSSR count). The zero-order valence-corrected chi connectivity index (χ0v) is 12.0. The van der Waals surface area contributed by atoms with Crippen LogP contribution in [0.1, 0.15) is 31.9 Å². The average Bonchev–Trinajstić information content (AvgIpc) is 2.64. The Morgan fingerprint density at radius 3 is 2.65 bits per heavy atom. The van der Waals surface area contributed by atoms with Crippen LogP contribution in [0.3, 0.4) is 0 Å². The molecule has 1 fully saturated rings. The van der Waals surface area contributed by atoms with Gasteiger partial charge in [0.05, 0.1) is 11.8 Å². The number of carbonyl (C=O) groups is 1. The summed E-state index contributed by atoms with van der Waals surface area (Å²) >= 11 is 0. The number of nitrogens with zero attached hydrogens (tertiary/aromatic N) is 2. The minimum absolute atomic E-state index is 0.0665. The summed E-state index contributed by atoms with van der Waals surface area (Å²) in [5.74, 6) is -0.253. The van der Waals surface area contributed by atoms with Crippen LogP contribution < -0.4 is 4.90 Å². The second kappa shape index (κ2) is 6.22. The summed E-state index contributed by atoms with van der Waals surface area (Å²) in [7, 11) is 0. The van der Waals surface area contributed by atoms with Gasteiger partial charge in [0.2, 0.25) is 5.91 Å². The molecule has 5 heteroatoms. The van der Waals surface area contributed by atoms with E-state index in [0.29, 0.717) is 24.3 Å². The van der Waals surface area contributed by atoms with Gasteiger partial charge in [-0.2, -0.15) is 0 Å². The van der Waals surface area contributed by atoms with Gasteiger partial charge in [0, 0.05) is 33.1 Å². The molecule has 110 valence electrons. The number of aliphatic hydroxyl groups excluding tert-OH is 1. The molecule has 1 aliphatic rings. The fourth-order valence-corrected chi connectivity index (χ4v) is 2.51. The van der Waals surface area contributed by atoms with Gasteiger partial charge >= 0.3 is 0 Å². The van der Waals surface area contributed by atoms with Crippen LogP contribution in [0.2, 0.25) is 0 Å². The quantitative estimate of drug-likeness (QED) is 0.900. The molecule has 20 heavy (non-hydrogen) atoms. The van der Waals surface area contributed by atoms with E-state index in [2.05, 4.69) is 0 Å². The summed E-state index contributed by atoms with van der Waals surface area (Å²) in [5, 5.41) is 9.47. The van der Waals surface area contributed by atoms with Crippen molar-refractivity contribution < 1.29 is 14.3 Å². The number of amides is 1. The molecule has 1 aromatic rings. The third kappa shape index (κ3) is 3.28. The Kier molecular flexibility index (Phi) is 4.60. The highest BCUT2D eigenvalue weighted by molar-refractivity contribution is 5.73. The second-order valence-corrected chi connectivity index (χ2v) is 5.23. The van der Waals surface area contributed by atoms with E-state index in [9.17, 15) is 14.3 Å². The molecule has 0 saturated carbocycles. The van der Waals surface area contributed by atoms with Gasteiger partial charge in [-0.15, -0.1) is 0 Å². The Balaban J connectivity index is 2.13. The average molecular weight is 280 g/mol. The van der Waals surface area contributed by atoms with Crippen molar-refractivity contribution in [3.8, 4) is 0 Å². The summed E-state index contributed by atoms with van der Waals surface area (Å²) in [6.45, 7) is 5.88. The number of rotatable bonds is 2. The first-order chi connectivity index (χ1) is 9.49. The summed E-state index contributed by atoms with van der Waals surface area (Å²) in [5.41, 5.74) is 1.12. The van der Waals surface area contributed by atoms with Gasteiger partial charge in [0.1, 0.15) is 5.82 Å². The molecule has 1 saturated heterocycles.